The highest BCUT2D eigenvalue weighted by molar-refractivity contribution is 7.11. The molecule has 0 aliphatic heterocycles. The molecule has 0 saturated heterocycles. The van der Waals surface area contributed by atoms with Crippen molar-refractivity contribution in [2.24, 2.45) is 0 Å². The van der Waals surface area contributed by atoms with Gasteiger partial charge in [-0.3, -0.25) is 4.79 Å². The summed E-state index contributed by atoms with van der Waals surface area (Å²) in [6.07, 6.45) is 2.01. The highest BCUT2D eigenvalue weighted by Crippen LogP contribution is 2.45. The lowest BCUT2D eigenvalue weighted by Gasteiger charge is -2.17. The predicted molar refractivity (Wildman–Crippen MR) is 76.4 cm³/mol. The lowest BCUT2D eigenvalue weighted by Crippen LogP contribution is -2.35. The van der Waals surface area contributed by atoms with Gasteiger partial charge >= 0.3 is 0 Å². The van der Waals surface area contributed by atoms with Crippen LogP contribution in [0.5, 0.6) is 0 Å². The van der Waals surface area contributed by atoms with Crippen LogP contribution in [-0.2, 0) is 5.54 Å². The Bertz CT molecular complexity index is 614. The Hall–Kier alpha value is -1.68. The fourth-order valence-electron chi connectivity index (χ4n) is 2.38. The van der Waals surface area contributed by atoms with E-state index in [4.69, 9.17) is 0 Å². The van der Waals surface area contributed by atoms with Gasteiger partial charge in [-0.2, -0.15) is 0 Å². The van der Waals surface area contributed by atoms with Crippen LogP contribution in [0.2, 0.25) is 0 Å². The fourth-order valence-corrected chi connectivity index (χ4v) is 3.20. The van der Waals surface area contributed by atoms with Crippen molar-refractivity contribution < 1.29 is 4.79 Å². The number of nitrogens with one attached hydrogen (secondary N) is 1. The first kappa shape index (κ1) is 12.4. The van der Waals surface area contributed by atoms with Crippen molar-refractivity contribution in [3.05, 3.63) is 51.5 Å². The zero-order valence-electron chi connectivity index (χ0n) is 11.1. The van der Waals surface area contributed by atoms with Crippen molar-refractivity contribution in [1.82, 2.24) is 10.3 Å². The van der Waals surface area contributed by atoms with Crippen molar-refractivity contribution in [2.45, 2.75) is 32.2 Å². The maximum Gasteiger partial charge on any atom is 0.271 e. The number of nitrogens with zero attached hydrogens (tertiary/aromatic N) is 1. The average Bonchev–Trinajstić information content (AvgIpc) is 3.09. The molecule has 3 rings (SSSR count). The van der Waals surface area contributed by atoms with Crippen LogP contribution in [0.3, 0.4) is 0 Å². The van der Waals surface area contributed by atoms with E-state index >= 15 is 0 Å². The van der Waals surface area contributed by atoms with E-state index in [9.17, 15) is 4.79 Å². The summed E-state index contributed by atoms with van der Waals surface area (Å²) in [5, 5.41) is 4.10. The lowest BCUT2D eigenvalue weighted by molar-refractivity contribution is 0.0925. The third-order valence-corrected chi connectivity index (χ3v) is 4.43. The quantitative estimate of drug-likeness (QED) is 0.932. The minimum Gasteiger partial charge on any atom is -0.341 e. The first-order valence-corrected chi connectivity index (χ1v) is 7.24. The first-order chi connectivity index (χ1) is 9.11. The van der Waals surface area contributed by atoms with Crippen LogP contribution in [0.15, 0.2) is 30.3 Å². The molecule has 0 spiro atoms. The van der Waals surface area contributed by atoms with Gasteiger partial charge in [0.05, 0.1) is 10.5 Å². The monoisotopic (exact) mass is 272 g/mol. The molecule has 2 aromatic rings. The number of hydrogen-bond donors (Lipinski definition) is 1. The van der Waals surface area contributed by atoms with Crippen molar-refractivity contribution in [3.8, 4) is 0 Å². The van der Waals surface area contributed by atoms with Gasteiger partial charge in [0.1, 0.15) is 5.69 Å². The van der Waals surface area contributed by atoms with Crippen LogP contribution < -0.4 is 5.32 Å². The molecule has 1 aromatic carbocycles. The molecule has 1 N–H and O–H groups in total. The van der Waals surface area contributed by atoms with Crippen LogP contribution >= 0.6 is 11.3 Å². The summed E-state index contributed by atoms with van der Waals surface area (Å²) in [5.41, 5.74) is 1.60. The van der Waals surface area contributed by atoms with Crippen molar-refractivity contribution in [3.63, 3.8) is 0 Å². The van der Waals surface area contributed by atoms with E-state index < -0.39 is 0 Å². The standard InChI is InChI=1S/C15H16N2OS/c1-10-13(16-11(2)19-10)14(18)17-15(8-9-15)12-6-4-3-5-7-12/h3-7H,8-9H2,1-2H3,(H,17,18). The maximum absolute atomic E-state index is 12.3. The minimum atomic E-state index is -0.164. The van der Waals surface area contributed by atoms with Gasteiger partial charge in [-0.05, 0) is 32.3 Å². The van der Waals surface area contributed by atoms with Gasteiger partial charge in [-0.1, -0.05) is 30.3 Å². The second-order valence-electron chi connectivity index (χ2n) is 5.04. The van der Waals surface area contributed by atoms with E-state index in [0.29, 0.717) is 5.69 Å². The molecule has 1 fully saturated rings. The smallest absolute Gasteiger partial charge is 0.271 e. The molecule has 3 nitrogen and oxygen atoms in total. The molecule has 0 radical (unpaired) electrons. The van der Waals surface area contributed by atoms with Crippen molar-refractivity contribution in [1.29, 1.82) is 0 Å². The Morgan fingerprint density at radius 1 is 1.26 bits per heavy atom. The summed E-state index contributed by atoms with van der Waals surface area (Å²) in [7, 11) is 0. The Morgan fingerprint density at radius 3 is 2.47 bits per heavy atom. The molecule has 1 aliphatic rings. The maximum atomic E-state index is 12.3. The molecule has 98 valence electrons. The molecule has 1 heterocycles. The van der Waals surface area contributed by atoms with Crippen LogP contribution in [0.25, 0.3) is 0 Å². The number of thiazole rings is 1. The predicted octanol–water partition coefficient (Wildman–Crippen LogP) is 3.18. The second kappa shape index (κ2) is 4.46. The third kappa shape index (κ3) is 2.28. The summed E-state index contributed by atoms with van der Waals surface area (Å²) in [6, 6.07) is 10.2. The normalized spacial score (nSPS) is 16.1. The topological polar surface area (TPSA) is 42.0 Å². The number of aryl methyl sites for hydroxylation is 2. The Balaban J connectivity index is 1.82. The van der Waals surface area contributed by atoms with Crippen LogP contribution in [0, 0.1) is 13.8 Å². The summed E-state index contributed by atoms with van der Waals surface area (Å²) in [5.74, 6) is -0.0526. The summed E-state index contributed by atoms with van der Waals surface area (Å²) in [6.45, 7) is 3.88. The van der Waals surface area contributed by atoms with Gasteiger partial charge in [-0.15, -0.1) is 11.3 Å². The van der Waals surface area contributed by atoms with Gasteiger partial charge in [0.2, 0.25) is 0 Å². The van der Waals surface area contributed by atoms with Crippen LogP contribution in [-0.4, -0.2) is 10.9 Å². The molecule has 0 atom stereocenters. The zero-order valence-corrected chi connectivity index (χ0v) is 11.9. The van der Waals surface area contributed by atoms with E-state index in [1.807, 2.05) is 32.0 Å². The van der Waals surface area contributed by atoms with Gasteiger partial charge < -0.3 is 5.32 Å². The van der Waals surface area contributed by atoms with Crippen molar-refractivity contribution in [2.75, 3.05) is 0 Å². The minimum absolute atomic E-state index is 0.0526. The number of amides is 1. The van der Waals surface area contributed by atoms with Gasteiger partial charge in [0.15, 0.2) is 0 Å². The zero-order chi connectivity index (χ0) is 13.5. The number of carbonyl (C=O) groups excluding carboxylic acids is 1. The Morgan fingerprint density at radius 2 is 1.95 bits per heavy atom. The number of benzene rings is 1. The highest BCUT2D eigenvalue weighted by Gasteiger charge is 2.46. The fraction of sp³-hybridized carbons (Fsp3) is 0.333. The molecule has 1 aromatic heterocycles. The SMILES string of the molecule is Cc1nc(C(=O)NC2(c3ccccc3)CC2)c(C)s1. The number of carbonyl (C=O) groups is 1. The largest absolute Gasteiger partial charge is 0.341 e. The molecular formula is C15H16N2OS. The molecule has 0 unspecified atom stereocenters. The Labute approximate surface area is 116 Å². The second-order valence-corrected chi connectivity index (χ2v) is 6.45. The summed E-state index contributed by atoms with van der Waals surface area (Å²) >= 11 is 1.57. The molecule has 1 saturated carbocycles. The lowest BCUT2D eigenvalue weighted by atomic mass is 10.0. The number of hydrogen-bond acceptors (Lipinski definition) is 3. The molecule has 1 amide bonds. The van der Waals surface area contributed by atoms with E-state index in [1.165, 1.54) is 5.56 Å². The third-order valence-electron chi connectivity index (χ3n) is 3.55. The van der Waals surface area contributed by atoms with E-state index in [1.54, 1.807) is 11.3 Å². The molecule has 1 aliphatic carbocycles. The molecule has 0 bridgehead atoms. The van der Waals surface area contributed by atoms with Crippen LogP contribution in [0.1, 0.15) is 38.8 Å². The van der Waals surface area contributed by atoms with E-state index in [2.05, 4.69) is 22.4 Å². The van der Waals surface area contributed by atoms with Gasteiger partial charge in [-0.25, -0.2) is 4.98 Å². The number of rotatable bonds is 3. The van der Waals surface area contributed by atoms with Crippen molar-refractivity contribution >= 4 is 17.2 Å². The molecule has 4 heteroatoms. The molecule has 19 heavy (non-hydrogen) atoms. The number of aromatic nitrogens is 1. The Kier molecular flexibility index (Phi) is 2.90. The first-order valence-electron chi connectivity index (χ1n) is 6.43. The summed E-state index contributed by atoms with van der Waals surface area (Å²) in [4.78, 5) is 17.6. The van der Waals surface area contributed by atoms with E-state index in [-0.39, 0.29) is 11.4 Å². The van der Waals surface area contributed by atoms with Crippen LogP contribution in [0.4, 0.5) is 0 Å². The highest BCUT2D eigenvalue weighted by atomic mass is 32.1. The summed E-state index contributed by atoms with van der Waals surface area (Å²) < 4.78 is 0. The van der Waals surface area contributed by atoms with Gasteiger partial charge in [0, 0.05) is 4.88 Å². The molecular weight excluding hydrogens is 256 g/mol. The van der Waals surface area contributed by atoms with Gasteiger partial charge in [0.25, 0.3) is 5.91 Å². The van der Waals surface area contributed by atoms with E-state index in [0.717, 1.165) is 22.7 Å². The average molecular weight is 272 g/mol.